The number of hydrogen-bond acceptors (Lipinski definition) is 6. The second-order valence-electron chi connectivity index (χ2n) is 29.9. The predicted molar refractivity (Wildman–Crippen MR) is 424 cm³/mol. The van der Waals surface area contributed by atoms with Gasteiger partial charge in [-0.1, -0.05) is 424 Å². The number of rotatable bonds is 66. The number of unbranched alkanes of at least 4 members (excludes halogenated alkanes) is 56. The molecule has 4 aromatic rings. The maximum Gasteiger partial charge on any atom is 2.00 e. The Kier molecular flexibility index (Phi) is 59.9. The Hall–Kier alpha value is -1.21. The Bertz CT molecular complexity index is 2500. The fourth-order valence-corrected chi connectivity index (χ4v) is 16.2. The van der Waals surface area contributed by atoms with E-state index in [0.29, 0.717) is 10.8 Å². The van der Waals surface area contributed by atoms with Crippen LogP contribution >= 0.6 is 0 Å². The van der Waals surface area contributed by atoms with Gasteiger partial charge in [-0.3, -0.25) is 0 Å². The Morgan fingerprint density at radius 2 is 0.392 bits per heavy atom. The molecular weight excluding hydrogens is 1350 g/mol. The number of aryl methyl sites for hydroxylation is 4. The molecule has 0 N–H and O–H groups in total. The summed E-state index contributed by atoms with van der Waals surface area (Å²) in [6.45, 7) is 9.12. The van der Waals surface area contributed by atoms with Crippen LogP contribution in [-0.2, 0) is 45.9 Å². The first-order valence-corrected chi connectivity index (χ1v) is 44.8. The van der Waals surface area contributed by atoms with Crippen LogP contribution in [0.5, 0.6) is 0 Å². The van der Waals surface area contributed by atoms with Crippen LogP contribution < -0.4 is 0 Å². The summed E-state index contributed by atoms with van der Waals surface area (Å²) >= 11 is 0. The summed E-state index contributed by atoms with van der Waals surface area (Å²) < 4.78 is 72.8. The summed E-state index contributed by atoms with van der Waals surface area (Å²) in [7, 11) is -9.03. The third kappa shape index (κ3) is 47.7. The number of hydrogen-bond donors (Lipinski definition) is 0. The zero-order valence-electron chi connectivity index (χ0n) is 64.0. The largest absolute Gasteiger partial charge is 2.00 e. The molecule has 0 atom stereocenters. The van der Waals surface area contributed by atoms with Gasteiger partial charge >= 0.3 is 48.9 Å². The molecule has 6 nitrogen and oxygen atoms in total. The van der Waals surface area contributed by atoms with Crippen molar-refractivity contribution in [2.75, 3.05) is 0 Å². The average molecular weight is 1510 g/mol. The maximum absolute atomic E-state index is 12.1. The molecule has 0 aliphatic heterocycles. The molecule has 0 saturated heterocycles. The third-order valence-electron chi connectivity index (χ3n) is 21.0. The molecule has 0 aromatic heterocycles. The molecule has 0 heterocycles. The Morgan fingerprint density at radius 3 is 0.577 bits per heavy atom. The van der Waals surface area contributed by atoms with Crippen molar-refractivity contribution in [2.24, 2.45) is 0 Å². The van der Waals surface area contributed by atoms with Crippen LogP contribution in [0.1, 0.15) is 435 Å². The molecule has 0 aliphatic carbocycles. The van der Waals surface area contributed by atoms with Crippen LogP contribution in [0.25, 0.3) is 21.5 Å². The van der Waals surface area contributed by atoms with Crippen molar-refractivity contribution < 1.29 is 25.9 Å². The van der Waals surface area contributed by atoms with Crippen molar-refractivity contribution in [3.63, 3.8) is 0 Å². The van der Waals surface area contributed by atoms with E-state index in [0.717, 1.165) is 73.3 Å². The number of fused-ring (bicyclic) bond motifs is 2. The topological polar surface area (TPSA) is 114 Å². The van der Waals surface area contributed by atoms with Crippen molar-refractivity contribution in [1.82, 2.24) is 0 Å². The second-order valence-corrected chi connectivity index (χ2v) is 32.6. The van der Waals surface area contributed by atoms with Gasteiger partial charge < -0.3 is 9.11 Å². The first kappa shape index (κ1) is 91.9. The van der Waals surface area contributed by atoms with Crippen LogP contribution in [0.2, 0.25) is 0 Å². The minimum Gasteiger partial charge on any atom is -0.744 e. The van der Waals surface area contributed by atoms with Crippen LogP contribution in [0.3, 0.4) is 0 Å². The molecule has 0 radical (unpaired) electrons. The molecule has 4 rings (SSSR count). The molecular formula is C88H150BaO6S2. The van der Waals surface area contributed by atoms with Gasteiger partial charge in [0.15, 0.2) is 0 Å². The van der Waals surface area contributed by atoms with Crippen LogP contribution in [-0.4, -0.2) is 74.8 Å². The van der Waals surface area contributed by atoms with E-state index >= 15 is 0 Å². The average Bonchev–Trinajstić information content (AvgIpc) is 0.804. The van der Waals surface area contributed by atoms with E-state index < -0.39 is 20.2 Å². The molecule has 0 spiro atoms. The van der Waals surface area contributed by atoms with E-state index in [2.05, 4.69) is 52.0 Å². The van der Waals surface area contributed by atoms with Gasteiger partial charge in [0.05, 0.1) is 9.79 Å². The summed E-state index contributed by atoms with van der Waals surface area (Å²) in [5.74, 6) is 0. The fourth-order valence-electron chi connectivity index (χ4n) is 14.8. The molecule has 0 amide bonds. The van der Waals surface area contributed by atoms with Crippen molar-refractivity contribution in [1.29, 1.82) is 0 Å². The Balaban J connectivity index is 0.000000653. The first-order chi connectivity index (χ1) is 46.9. The minimum atomic E-state index is -4.51. The smallest absolute Gasteiger partial charge is 0.744 e. The molecule has 0 unspecified atom stereocenters. The second kappa shape index (κ2) is 63.3. The standard InChI is InChI=1S/2C44H76O3S.Ba/c2*1-3-5-7-9-11-13-15-17-19-21-23-25-27-29-31-33-40-35-37-42-41(36-38-44(43(42)39-40)48(45,46)47)34-32-30-28-26-24-22-20-18-16-14-12-10-8-6-4-2;/h2*35-39H,3-34H2,1-2H3,(H,45,46,47);/q;;+2/p-2. The SMILES string of the molecule is CCCCCCCCCCCCCCCCCc1ccc2c(CCCCCCCCCCCCCCCCC)ccc(S(=O)(=O)[O-])c2c1.CCCCCCCCCCCCCCCCCc1ccc2c(CCCCCCCCCCCCCCCCC)ccc(S(=O)(=O)[O-])c2c1.[Ba+2]. The Morgan fingerprint density at radius 1 is 0.216 bits per heavy atom. The van der Waals surface area contributed by atoms with Crippen molar-refractivity contribution >= 4 is 90.7 Å². The maximum atomic E-state index is 12.1. The van der Waals surface area contributed by atoms with Gasteiger partial charge in [-0.15, -0.1) is 0 Å². The van der Waals surface area contributed by atoms with E-state index in [1.807, 2.05) is 24.3 Å². The molecule has 0 fully saturated rings. The van der Waals surface area contributed by atoms with Gasteiger partial charge in [0, 0.05) is 0 Å². The molecule has 4 aromatic carbocycles. The minimum absolute atomic E-state index is 0. The molecule has 9 heteroatoms. The Labute approximate surface area is 642 Å². The van der Waals surface area contributed by atoms with E-state index in [1.54, 1.807) is 12.1 Å². The summed E-state index contributed by atoms with van der Waals surface area (Å²) in [6, 6.07) is 19.3. The van der Waals surface area contributed by atoms with Crippen molar-refractivity contribution in [3.05, 3.63) is 82.9 Å². The number of benzene rings is 4. The van der Waals surface area contributed by atoms with E-state index in [9.17, 15) is 25.9 Å². The van der Waals surface area contributed by atoms with Gasteiger partial charge in [-0.25, -0.2) is 16.8 Å². The van der Waals surface area contributed by atoms with Gasteiger partial charge in [0.2, 0.25) is 0 Å². The van der Waals surface area contributed by atoms with E-state index in [4.69, 9.17) is 0 Å². The van der Waals surface area contributed by atoms with Gasteiger partial charge in [0.25, 0.3) is 0 Å². The van der Waals surface area contributed by atoms with Crippen molar-refractivity contribution in [2.45, 2.75) is 448 Å². The van der Waals surface area contributed by atoms with Crippen LogP contribution in [0, 0.1) is 0 Å². The van der Waals surface area contributed by atoms with E-state index in [1.165, 1.54) is 371 Å². The molecule has 0 saturated carbocycles. The third-order valence-corrected chi connectivity index (χ3v) is 22.8. The van der Waals surface area contributed by atoms with Crippen LogP contribution in [0.4, 0.5) is 0 Å². The first-order valence-electron chi connectivity index (χ1n) is 41.9. The normalized spacial score (nSPS) is 11.9. The summed E-state index contributed by atoms with van der Waals surface area (Å²) in [5.41, 5.74) is 4.63. The molecule has 552 valence electrons. The molecule has 0 aliphatic rings. The summed E-state index contributed by atoms with van der Waals surface area (Å²) in [5, 5.41) is 3.14. The summed E-state index contributed by atoms with van der Waals surface area (Å²) in [4.78, 5) is -0.118. The van der Waals surface area contributed by atoms with Gasteiger partial charge in [-0.05, 0) is 119 Å². The van der Waals surface area contributed by atoms with E-state index in [-0.39, 0.29) is 58.7 Å². The monoisotopic (exact) mass is 1500 g/mol. The predicted octanol–water partition coefficient (Wildman–Crippen LogP) is 28.8. The van der Waals surface area contributed by atoms with Crippen molar-refractivity contribution in [3.8, 4) is 0 Å². The van der Waals surface area contributed by atoms with Gasteiger partial charge in [-0.2, -0.15) is 0 Å². The molecule has 0 bridgehead atoms. The zero-order chi connectivity index (χ0) is 69.1. The molecule has 97 heavy (non-hydrogen) atoms. The zero-order valence-corrected chi connectivity index (χ0v) is 70.1. The quantitative estimate of drug-likeness (QED) is 0.0247. The summed E-state index contributed by atoms with van der Waals surface area (Å²) in [6.07, 6.45) is 84.7. The fraction of sp³-hybridized carbons (Fsp3) is 0.773. The van der Waals surface area contributed by atoms with Crippen LogP contribution in [0.15, 0.2) is 70.5 Å². The van der Waals surface area contributed by atoms with Gasteiger partial charge in [0.1, 0.15) is 20.2 Å².